The molecule has 0 radical (unpaired) electrons. The summed E-state index contributed by atoms with van der Waals surface area (Å²) in [6.45, 7) is 15.9. The highest BCUT2D eigenvalue weighted by molar-refractivity contribution is 9.09. The number of aliphatic hydroxyl groups excluding tert-OH is 1. The Morgan fingerprint density at radius 2 is 1.90 bits per heavy atom. The number of likely N-dealkylation sites (tertiary alicyclic amines) is 1. The fourth-order valence-electron chi connectivity index (χ4n) is 6.97. The molecule has 3 aliphatic heterocycles. The average molecular weight is 617 g/mol. The van der Waals surface area contributed by atoms with E-state index >= 15 is 0 Å². The third-order valence-corrected chi connectivity index (χ3v) is 9.45. The maximum Gasteiger partial charge on any atom is 0.253 e. The summed E-state index contributed by atoms with van der Waals surface area (Å²) in [6, 6.07) is 4.32. The molecule has 3 amide bonds. The molecular weight excluding hydrogens is 574 g/mol. The lowest BCUT2D eigenvalue weighted by Gasteiger charge is -2.40. The van der Waals surface area contributed by atoms with E-state index in [1.165, 1.54) is 0 Å². The predicted octanol–water partition coefficient (Wildman–Crippen LogP) is 3.62. The van der Waals surface area contributed by atoms with Crippen LogP contribution in [0.25, 0.3) is 0 Å². The van der Waals surface area contributed by atoms with Gasteiger partial charge in [-0.15, -0.1) is 13.2 Å². The first kappa shape index (κ1) is 30.5. The highest BCUT2D eigenvalue weighted by atomic mass is 79.9. The van der Waals surface area contributed by atoms with E-state index in [2.05, 4.69) is 29.1 Å². The average Bonchev–Trinajstić information content (AvgIpc) is 3.50. The van der Waals surface area contributed by atoms with Crippen LogP contribution in [0.15, 0.2) is 43.5 Å². The Morgan fingerprint density at radius 3 is 2.50 bits per heavy atom. The number of ether oxygens (including phenoxy) is 1. The highest BCUT2D eigenvalue weighted by Crippen LogP contribution is 2.61. The van der Waals surface area contributed by atoms with E-state index in [0.717, 1.165) is 16.8 Å². The lowest BCUT2D eigenvalue weighted by molar-refractivity contribution is -0.147. The van der Waals surface area contributed by atoms with Gasteiger partial charge in [0.2, 0.25) is 11.8 Å². The van der Waals surface area contributed by atoms with Crippen LogP contribution < -0.4 is 4.90 Å². The van der Waals surface area contributed by atoms with Crippen LogP contribution in [0.2, 0.25) is 0 Å². The van der Waals surface area contributed by atoms with Crippen LogP contribution in [0.3, 0.4) is 0 Å². The number of likely N-dealkylation sites (N-methyl/N-ethyl adjacent to an activating group) is 1. The second-order valence-corrected chi connectivity index (χ2v) is 13.1. The number of anilines is 1. The molecule has 1 N–H and O–H groups in total. The second kappa shape index (κ2) is 11.8. The van der Waals surface area contributed by atoms with Crippen LogP contribution in [-0.4, -0.2) is 88.0 Å². The van der Waals surface area contributed by atoms with E-state index in [9.17, 15) is 19.5 Å². The van der Waals surface area contributed by atoms with Gasteiger partial charge in [-0.3, -0.25) is 14.4 Å². The molecule has 8 nitrogen and oxygen atoms in total. The van der Waals surface area contributed by atoms with E-state index in [-0.39, 0.29) is 41.6 Å². The van der Waals surface area contributed by atoms with Gasteiger partial charge in [-0.05, 0) is 49.8 Å². The van der Waals surface area contributed by atoms with Crippen LogP contribution >= 0.6 is 15.9 Å². The normalized spacial score (nSPS) is 29.4. The molecule has 9 heteroatoms. The summed E-state index contributed by atoms with van der Waals surface area (Å²) in [4.78, 5) is 47.6. The minimum absolute atomic E-state index is 0.166. The summed E-state index contributed by atoms with van der Waals surface area (Å²) in [5.41, 5.74) is 1.45. The van der Waals surface area contributed by atoms with Crippen molar-refractivity contribution in [1.82, 2.24) is 9.80 Å². The highest BCUT2D eigenvalue weighted by Gasteiger charge is 2.77. The SMILES string of the molecule is C=CCN(C)C(=O)[C@H]1[C@H]2C(=O)N([C@@H](CO)CC(C)C)C(C(=O)N(CC=C)c3cc(C)ccc3C)C23CC(Br)[C@@H]1O3. The molecule has 1 aromatic carbocycles. The number of hydrogen-bond donors (Lipinski definition) is 1. The van der Waals surface area contributed by atoms with Gasteiger partial charge in [0.05, 0.1) is 30.6 Å². The second-order valence-electron chi connectivity index (χ2n) is 11.9. The van der Waals surface area contributed by atoms with Gasteiger partial charge in [0.1, 0.15) is 11.6 Å². The summed E-state index contributed by atoms with van der Waals surface area (Å²) in [7, 11) is 1.69. The smallest absolute Gasteiger partial charge is 0.253 e. The van der Waals surface area contributed by atoms with Gasteiger partial charge >= 0.3 is 0 Å². The molecule has 0 aromatic heterocycles. The Morgan fingerprint density at radius 1 is 1.23 bits per heavy atom. The standard InChI is InChI=1S/C31H42BrN3O5/c1-8-12-33(7)28(37)24-25-29(38)35(21(17-36)14-18(3)4)27(31(25)16-22(32)26(24)40-31)30(39)34(13-9-2)23-15-19(5)10-11-20(23)6/h8-11,15,18,21-22,24-27,36H,1-2,12-14,16-17H2,3-7H3/t21-,22?,24+,25+,26+,27?,31?/m1/s1. The number of benzene rings is 1. The number of amides is 3. The predicted molar refractivity (Wildman–Crippen MR) is 159 cm³/mol. The number of aryl methyl sites for hydroxylation is 2. The Balaban J connectivity index is 1.88. The van der Waals surface area contributed by atoms with Crippen molar-refractivity contribution in [2.45, 2.75) is 69.2 Å². The zero-order valence-electron chi connectivity index (χ0n) is 24.2. The topological polar surface area (TPSA) is 90.4 Å². The molecule has 1 aromatic rings. The van der Waals surface area contributed by atoms with Crippen molar-refractivity contribution >= 4 is 39.3 Å². The molecule has 3 saturated heterocycles. The van der Waals surface area contributed by atoms with Gasteiger partial charge in [0.15, 0.2) is 0 Å². The quantitative estimate of drug-likeness (QED) is 0.303. The van der Waals surface area contributed by atoms with Gasteiger partial charge in [-0.2, -0.15) is 0 Å². The van der Waals surface area contributed by atoms with Crippen LogP contribution in [0, 0.1) is 31.6 Å². The summed E-state index contributed by atoms with van der Waals surface area (Å²) >= 11 is 3.73. The molecule has 40 heavy (non-hydrogen) atoms. The monoisotopic (exact) mass is 615 g/mol. The van der Waals surface area contributed by atoms with E-state index in [0.29, 0.717) is 19.4 Å². The van der Waals surface area contributed by atoms with Gasteiger partial charge < -0.3 is 24.5 Å². The Bertz CT molecular complexity index is 1190. The third-order valence-electron chi connectivity index (χ3n) is 8.61. The van der Waals surface area contributed by atoms with E-state index < -0.39 is 35.6 Å². The van der Waals surface area contributed by atoms with Gasteiger partial charge in [-0.25, -0.2) is 0 Å². The van der Waals surface area contributed by atoms with Gasteiger partial charge in [0.25, 0.3) is 5.91 Å². The molecule has 218 valence electrons. The zero-order valence-corrected chi connectivity index (χ0v) is 25.8. The minimum Gasteiger partial charge on any atom is -0.394 e. The number of carbonyl (C=O) groups excluding carboxylic acids is 3. The number of alkyl halides is 1. The largest absolute Gasteiger partial charge is 0.394 e. The van der Waals surface area contributed by atoms with E-state index in [1.54, 1.807) is 33.9 Å². The van der Waals surface area contributed by atoms with Crippen molar-refractivity contribution in [3.05, 3.63) is 54.6 Å². The molecule has 3 heterocycles. The van der Waals surface area contributed by atoms with Crippen molar-refractivity contribution in [1.29, 1.82) is 0 Å². The summed E-state index contributed by atoms with van der Waals surface area (Å²) in [5.74, 6) is -2.21. The number of hydrogen-bond acceptors (Lipinski definition) is 5. The Hall–Kier alpha value is -2.49. The first-order valence-corrected chi connectivity index (χ1v) is 14.9. The lowest BCUT2D eigenvalue weighted by atomic mass is 9.70. The number of fused-ring (bicyclic) bond motifs is 1. The number of rotatable bonds is 11. The molecule has 0 aliphatic carbocycles. The lowest BCUT2D eigenvalue weighted by Crippen LogP contribution is -2.59. The fraction of sp³-hybridized carbons (Fsp3) is 0.581. The number of carbonyl (C=O) groups is 3. The molecular formula is C31H42BrN3O5. The minimum atomic E-state index is -1.20. The van der Waals surface area contributed by atoms with Crippen molar-refractivity contribution in [2.75, 3.05) is 31.6 Å². The maximum atomic E-state index is 14.8. The molecule has 4 rings (SSSR count). The van der Waals surface area contributed by atoms with E-state index in [4.69, 9.17) is 4.74 Å². The maximum absolute atomic E-state index is 14.8. The first-order chi connectivity index (χ1) is 18.9. The van der Waals surface area contributed by atoms with Crippen molar-refractivity contribution in [3.8, 4) is 0 Å². The number of nitrogens with zero attached hydrogens (tertiary/aromatic N) is 3. The molecule has 3 aliphatic rings. The van der Waals surface area contributed by atoms with E-state index in [1.807, 2.05) is 45.9 Å². The van der Waals surface area contributed by atoms with Crippen LogP contribution in [-0.2, 0) is 19.1 Å². The Labute approximate surface area is 246 Å². The molecule has 2 bridgehead atoms. The first-order valence-electron chi connectivity index (χ1n) is 14.0. The molecule has 3 unspecified atom stereocenters. The summed E-state index contributed by atoms with van der Waals surface area (Å²) in [6.07, 6.45) is 3.69. The van der Waals surface area contributed by atoms with Crippen molar-refractivity contribution < 1.29 is 24.2 Å². The van der Waals surface area contributed by atoms with Crippen LogP contribution in [0.1, 0.15) is 37.8 Å². The molecule has 1 spiro atoms. The van der Waals surface area contributed by atoms with Crippen LogP contribution in [0.4, 0.5) is 5.69 Å². The molecule has 3 fully saturated rings. The zero-order chi connectivity index (χ0) is 29.5. The number of halogens is 1. The van der Waals surface area contributed by atoms with Gasteiger partial charge in [-0.1, -0.05) is 54.1 Å². The molecule has 0 saturated carbocycles. The number of aliphatic hydroxyl groups is 1. The summed E-state index contributed by atoms with van der Waals surface area (Å²) < 4.78 is 6.67. The van der Waals surface area contributed by atoms with Crippen molar-refractivity contribution in [2.24, 2.45) is 17.8 Å². The third kappa shape index (κ3) is 4.94. The fourth-order valence-corrected chi connectivity index (χ4v) is 7.92. The summed E-state index contributed by atoms with van der Waals surface area (Å²) in [5, 5.41) is 10.5. The van der Waals surface area contributed by atoms with Crippen LogP contribution in [0.5, 0.6) is 0 Å². The van der Waals surface area contributed by atoms with Crippen molar-refractivity contribution in [3.63, 3.8) is 0 Å². The van der Waals surface area contributed by atoms with Gasteiger partial charge in [0, 0.05) is 30.7 Å². The Kier molecular flexibility index (Phi) is 8.97. The molecule has 7 atom stereocenters.